The number of aromatic nitrogens is 1. The van der Waals surface area contributed by atoms with Gasteiger partial charge in [-0.25, -0.2) is 0 Å². The molecule has 9 rings (SSSR count). The van der Waals surface area contributed by atoms with Gasteiger partial charge in [-0.3, -0.25) is 4.98 Å². The predicted octanol–water partition coefficient (Wildman–Crippen LogP) is 12.0. The van der Waals surface area contributed by atoms with E-state index in [1.807, 2.05) is 42.5 Å². The first-order chi connectivity index (χ1) is 26.6. The predicted molar refractivity (Wildman–Crippen MR) is 218 cm³/mol. The second-order valence-corrected chi connectivity index (χ2v) is 14.7. The zero-order chi connectivity index (χ0) is 36.7. The molecule has 1 aliphatic carbocycles. The average Bonchev–Trinajstić information content (AvgIpc) is 3.67. The number of para-hydroxylation sites is 2. The molecule has 0 saturated carbocycles. The van der Waals surface area contributed by atoms with Crippen LogP contribution in [0.1, 0.15) is 85.9 Å². The largest absolute Gasteiger partial charge is 0.513 e. The van der Waals surface area contributed by atoms with Gasteiger partial charge in [0.1, 0.15) is 5.75 Å². The summed E-state index contributed by atoms with van der Waals surface area (Å²) in [7, 11) is 2.03. The zero-order valence-electron chi connectivity index (χ0n) is 31.6. The Hall–Kier alpha value is -5.15. The molecule has 0 fully saturated rings. The van der Waals surface area contributed by atoms with E-state index in [2.05, 4.69) is 152 Å². The van der Waals surface area contributed by atoms with Crippen molar-refractivity contribution >= 4 is 22.7 Å². The summed E-state index contributed by atoms with van der Waals surface area (Å²) in [6.07, 6.45) is 12.9. The van der Waals surface area contributed by atoms with Gasteiger partial charge in [-0.2, -0.15) is 18.8 Å². The van der Waals surface area contributed by atoms with Crippen LogP contribution in [0, 0.1) is 18.8 Å². The Kier molecular flexibility index (Phi) is 10.2. The minimum atomic E-state index is -0.737. The molecule has 6 aromatic rings. The van der Waals surface area contributed by atoms with Gasteiger partial charge in [0.2, 0.25) is 0 Å². The van der Waals surface area contributed by atoms with Crippen molar-refractivity contribution in [1.82, 2.24) is 9.88 Å². The summed E-state index contributed by atoms with van der Waals surface area (Å²) < 4.78 is 6.68. The fourth-order valence-corrected chi connectivity index (χ4v) is 9.13. The van der Waals surface area contributed by atoms with Crippen molar-refractivity contribution in [3.8, 4) is 11.5 Å². The molecular formula is C49H45N4OPd-3. The summed E-state index contributed by atoms with van der Waals surface area (Å²) in [4.78, 5) is 11.6. The maximum Gasteiger partial charge on any atom is 0.134 e. The molecule has 5 nitrogen and oxygen atoms in total. The van der Waals surface area contributed by atoms with Crippen molar-refractivity contribution < 1.29 is 25.2 Å². The summed E-state index contributed by atoms with van der Waals surface area (Å²) in [6, 6.07) is 51.4. The van der Waals surface area contributed by atoms with Crippen LogP contribution in [0.5, 0.6) is 11.5 Å². The summed E-state index contributed by atoms with van der Waals surface area (Å²) >= 11 is 0. The number of unbranched alkanes of at least 4 members (excludes halogenated alkanes) is 2. The maximum absolute atomic E-state index is 6.68. The summed E-state index contributed by atoms with van der Waals surface area (Å²) in [6.45, 7) is 6.68. The second-order valence-electron chi connectivity index (χ2n) is 14.7. The molecule has 0 spiro atoms. The van der Waals surface area contributed by atoms with Crippen molar-refractivity contribution in [2.45, 2.75) is 63.2 Å². The minimum absolute atomic E-state index is 0. The standard InChI is InChI=1S/C49H45N4O.Pd/c1-4-6-28-48(29-7-5-2)39-19-8-10-21-41(39)49(47-25-14-15-30-50-47,42-22-11-9-20-40(42)48)36-26-27-46-44(33-36)53(43-23-12-13-24-45(43)54-46)38-18-16-17-37(34-38)52-32-31-51(3)35-52;/h8-27,30-32,35H,4-7,28-29H2,1-3H3;/q-3;. The van der Waals surface area contributed by atoms with E-state index in [1.54, 1.807) is 0 Å². The molecule has 1 aromatic heterocycles. The van der Waals surface area contributed by atoms with Gasteiger partial charge in [0, 0.05) is 37.8 Å². The third-order valence-corrected chi connectivity index (χ3v) is 11.6. The molecule has 0 radical (unpaired) electrons. The van der Waals surface area contributed by atoms with E-state index in [1.165, 1.54) is 22.3 Å². The molecular weight excluding hydrogens is 767 g/mol. The number of fused-ring (bicyclic) bond motifs is 4. The summed E-state index contributed by atoms with van der Waals surface area (Å²) in [5, 5.41) is 0. The quantitative estimate of drug-likeness (QED) is 0.101. The number of benzene rings is 5. The number of anilines is 4. The van der Waals surface area contributed by atoms with Crippen molar-refractivity contribution in [2.24, 2.45) is 0 Å². The van der Waals surface area contributed by atoms with E-state index in [-0.39, 0.29) is 25.8 Å². The Labute approximate surface area is 340 Å². The van der Waals surface area contributed by atoms with Crippen LogP contribution in [0.15, 0.2) is 140 Å². The first-order valence-corrected chi connectivity index (χ1v) is 19.4. The maximum atomic E-state index is 6.68. The van der Waals surface area contributed by atoms with Crippen LogP contribution in [0.4, 0.5) is 22.7 Å². The fourth-order valence-electron chi connectivity index (χ4n) is 9.13. The smallest absolute Gasteiger partial charge is 0.134 e. The van der Waals surface area contributed by atoms with Crippen molar-refractivity contribution in [3.63, 3.8) is 0 Å². The molecule has 5 aromatic carbocycles. The third-order valence-electron chi connectivity index (χ3n) is 11.6. The normalized spacial score (nSPS) is 15.7. The van der Waals surface area contributed by atoms with Crippen LogP contribution >= 0.6 is 0 Å². The number of ether oxygens (including phenoxy) is 1. The molecule has 0 amide bonds. The van der Waals surface area contributed by atoms with Crippen LogP contribution in [0.25, 0.3) is 0 Å². The van der Waals surface area contributed by atoms with Crippen molar-refractivity contribution in [2.75, 3.05) is 16.8 Å². The Morgan fingerprint density at radius 1 is 0.655 bits per heavy atom. The third kappa shape index (κ3) is 5.99. The molecule has 55 heavy (non-hydrogen) atoms. The van der Waals surface area contributed by atoms with Crippen LogP contribution in [-0.2, 0) is 31.3 Å². The van der Waals surface area contributed by atoms with Crippen LogP contribution < -0.4 is 14.5 Å². The van der Waals surface area contributed by atoms with E-state index >= 15 is 0 Å². The van der Waals surface area contributed by atoms with E-state index in [9.17, 15) is 0 Å². The van der Waals surface area contributed by atoms with Crippen molar-refractivity contribution in [1.29, 1.82) is 0 Å². The van der Waals surface area contributed by atoms with Gasteiger partial charge < -0.3 is 19.4 Å². The second kappa shape index (κ2) is 15.2. The number of rotatable bonds is 10. The number of pyridine rings is 1. The molecule has 280 valence electrons. The summed E-state index contributed by atoms with van der Waals surface area (Å²) in [5.74, 6) is 1.54. The van der Waals surface area contributed by atoms with Gasteiger partial charge in [0.25, 0.3) is 0 Å². The topological polar surface area (TPSA) is 31.8 Å². The Morgan fingerprint density at radius 3 is 1.96 bits per heavy atom. The van der Waals surface area contributed by atoms with E-state index in [0.29, 0.717) is 0 Å². The first kappa shape index (κ1) is 36.8. The molecule has 0 unspecified atom stereocenters. The van der Waals surface area contributed by atoms with Gasteiger partial charge in [-0.05, 0) is 84.5 Å². The fraction of sp³-hybridized carbons (Fsp3) is 0.224. The van der Waals surface area contributed by atoms with Gasteiger partial charge in [-0.15, -0.1) is 41.6 Å². The Balaban J connectivity index is 0.00000427. The molecule has 0 bridgehead atoms. The Bertz CT molecular complexity index is 2280. The van der Waals surface area contributed by atoms with Crippen molar-refractivity contribution in [3.05, 3.63) is 192 Å². The summed E-state index contributed by atoms with van der Waals surface area (Å²) in [5.41, 5.74) is 10.2. The first-order valence-electron chi connectivity index (χ1n) is 19.4. The van der Waals surface area contributed by atoms with E-state index < -0.39 is 5.41 Å². The Morgan fingerprint density at radius 2 is 1.31 bits per heavy atom. The van der Waals surface area contributed by atoms with Gasteiger partial charge in [0.05, 0.1) is 16.8 Å². The SMILES string of the molecule is CCCCC1(CCCC)c2ccccc2C(c2[c-]c3c(cc2)Oc2ccccc2N3c2[c-]c(N3C=CN(C)[CH-]3)ccc2)(c2ccccn2)c2ccccc21.[Pd]. The number of hydrogen-bond donors (Lipinski definition) is 0. The molecule has 6 heteroatoms. The molecule has 0 atom stereocenters. The number of hydrogen-bond acceptors (Lipinski definition) is 5. The molecule has 2 aliphatic heterocycles. The monoisotopic (exact) mass is 811 g/mol. The van der Waals surface area contributed by atoms with E-state index in [0.717, 1.165) is 84.0 Å². The van der Waals surface area contributed by atoms with Gasteiger partial charge in [0.15, 0.2) is 0 Å². The number of nitrogens with zero attached hydrogens (tertiary/aromatic N) is 4. The minimum Gasteiger partial charge on any atom is -0.513 e. The average molecular weight is 812 g/mol. The van der Waals surface area contributed by atoms with Gasteiger partial charge >= 0.3 is 0 Å². The molecule has 3 heterocycles. The van der Waals surface area contributed by atoms with Crippen LogP contribution in [0.2, 0.25) is 0 Å². The van der Waals surface area contributed by atoms with Crippen LogP contribution in [0.3, 0.4) is 0 Å². The van der Waals surface area contributed by atoms with E-state index in [4.69, 9.17) is 9.72 Å². The van der Waals surface area contributed by atoms with Gasteiger partial charge in [-0.1, -0.05) is 112 Å². The molecule has 0 saturated heterocycles. The zero-order valence-corrected chi connectivity index (χ0v) is 33.2. The molecule has 3 aliphatic rings. The molecule has 0 N–H and O–H groups in total. The van der Waals surface area contributed by atoms with Crippen LogP contribution in [-0.4, -0.2) is 16.9 Å².